The van der Waals surface area contributed by atoms with Gasteiger partial charge in [-0.15, -0.1) is 0 Å². The van der Waals surface area contributed by atoms with Crippen LogP contribution in [0.5, 0.6) is 0 Å². The van der Waals surface area contributed by atoms with E-state index in [1.165, 1.54) is 0 Å². The summed E-state index contributed by atoms with van der Waals surface area (Å²) in [6, 6.07) is 0. The SMILES string of the molecule is CNC(C)(CO)Cn1ncc(Cl)c1C. The Morgan fingerprint density at radius 3 is 2.71 bits per heavy atom. The lowest BCUT2D eigenvalue weighted by atomic mass is 10.0. The van der Waals surface area contributed by atoms with Crippen molar-refractivity contribution < 1.29 is 5.11 Å². The van der Waals surface area contributed by atoms with Gasteiger partial charge in [0.05, 0.1) is 35.6 Å². The Balaban J connectivity index is 2.82. The van der Waals surface area contributed by atoms with Crippen LogP contribution in [0.4, 0.5) is 0 Å². The number of hydrogen-bond donors (Lipinski definition) is 2. The third kappa shape index (κ3) is 2.26. The van der Waals surface area contributed by atoms with Gasteiger partial charge in [0, 0.05) is 0 Å². The highest BCUT2D eigenvalue weighted by Crippen LogP contribution is 2.15. The van der Waals surface area contributed by atoms with Crippen molar-refractivity contribution in [2.24, 2.45) is 0 Å². The second kappa shape index (κ2) is 4.29. The standard InChI is InChI=1S/C9H16ClN3O/c1-7-8(10)4-12-13(7)5-9(2,6-14)11-3/h4,11,14H,5-6H2,1-3H3. The molecule has 0 amide bonds. The summed E-state index contributed by atoms with van der Waals surface area (Å²) in [5.74, 6) is 0. The Morgan fingerprint density at radius 2 is 2.36 bits per heavy atom. The van der Waals surface area contributed by atoms with Crippen LogP contribution in [0.1, 0.15) is 12.6 Å². The predicted molar refractivity (Wildman–Crippen MR) is 56.5 cm³/mol. The summed E-state index contributed by atoms with van der Waals surface area (Å²) in [5, 5.41) is 17.1. The number of nitrogens with one attached hydrogen (secondary N) is 1. The van der Waals surface area contributed by atoms with E-state index in [2.05, 4.69) is 10.4 Å². The molecular weight excluding hydrogens is 202 g/mol. The molecule has 0 spiro atoms. The zero-order valence-electron chi connectivity index (χ0n) is 8.71. The van der Waals surface area contributed by atoms with Gasteiger partial charge in [0.2, 0.25) is 0 Å². The van der Waals surface area contributed by atoms with E-state index in [0.717, 1.165) is 5.69 Å². The molecule has 0 saturated heterocycles. The number of aliphatic hydroxyl groups excluding tert-OH is 1. The Labute approximate surface area is 88.9 Å². The fourth-order valence-electron chi connectivity index (χ4n) is 1.12. The maximum Gasteiger partial charge on any atom is 0.0814 e. The van der Waals surface area contributed by atoms with Crippen molar-refractivity contribution in [3.05, 3.63) is 16.9 Å². The number of halogens is 1. The van der Waals surface area contributed by atoms with Crippen molar-refractivity contribution in [1.82, 2.24) is 15.1 Å². The van der Waals surface area contributed by atoms with Gasteiger partial charge in [0.15, 0.2) is 0 Å². The molecule has 4 nitrogen and oxygen atoms in total. The van der Waals surface area contributed by atoms with Crippen molar-refractivity contribution in [2.45, 2.75) is 25.9 Å². The molecular formula is C9H16ClN3O. The Morgan fingerprint density at radius 1 is 1.71 bits per heavy atom. The minimum Gasteiger partial charge on any atom is -0.394 e. The molecule has 14 heavy (non-hydrogen) atoms. The molecule has 0 saturated carbocycles. The monoisotopic (exact) mass is 217 g/mol. The minimum absolute atomic E-state index is 0.0560. The summed E-state index contributed by atoms with van der Waals surface area (Å²) in [6.07, 6.45) is 1.62. The van der Waals surface area contributed by atoms with Crippen LogP contribution in [-0.2, 0) is 6.54 Å². The molecule has 0 aliphatic carbocycles. The van der Waals surface area contributed by atoms with Crippen LogP contribution in [0.2, 0.25) is 5.02 Å². The second-order valence-electron chi connectivity index (χ2n) is 3.70. The second-order valence-corrected chi connectivity index (χ2v) is 4.11. The first-order valence-electron chi connectivity index (χ1n) is 4.50. The van der Waals surface area contributed by atoms with E-state index in [1.54, 1.807) is 10.9 Å². The van der Waals surface area contributed by atoms with E-state index in [1.807, 2.05) is 20.9 Å². The molecule has 2 N–H and O–H groups in total. The molecule has 80 valence electrons. The molecule has 1 aromatic heterocycles. The van der Waals surface area contributed by atoms with Gasteiger partial charge < -0.3 is 10.4 Å². The van der Waals surface area contributed by atoms with Gasteiger partial charge in [-0.3, -0.25) is 4.68 Å². The number of rotatable bonds is 4. The largest absolute Gasteiger partial charge is 0.394 e. The summed E-state index contributed by atoms with van der Waals surface area (Å²) in [5.41, 5.74) is 0.557. The van der Waals surface area contributed by atoms with Gasteiger partial charge >= 0.3 is 0 Å². The molecule has 1 heterocycles. The molecule has 0 aromatic carbocycles. The Kier molecular flexibility index (Phi) is 3.53. The summed E-state index contributed by atoms with van der Waals surface area (Å²) in [4.78, 5) is 0. The maximum atomic E-state index is 9.21. The molecule has 5 heteroatoms. The molecule has 1 aromatic rings. The zero-order chi connectivity index (χ0) is 10.8. The average molecular weight is 218 g/mol. The van der Waals surface area contributed by atoms with Crippen LogP contribution < -0.4 is 5.32 Å². The number of hydrogen-bond acceptors (Lipinski definition) is 3. The van der Waals surface area contributed by atoms with Gasteiger partial charge in [0.25, 0.3) is 0 Å². The molecule has 0 bridgehead atoms. The number of nitrogens with zero attached hydrogens (tertiary/aromatic N) is 2. The summed E-state index contributed by atoms with van der Waals surface area (Å²) in [6.45, 7) is 4.49. The average Bonchev–Trinajstić information content (AvgIpc) is 2.49. The Hall–Kier alpha value is -0.580. The van der Waals surface area contributed by atoms with E-state index in [9.17, 15) is 5.11 Å². The smallest absolute Gasteiger partial charge is 0.0814 e. The van der Waals surface area contributed by atoms with Crippen LogP contribution in [-0.4, -0.2) is 34.1 Å². The van der Waals surface area contributed by atoms with Gasteiger partial charge in [0.1, 0.15) is 0 Å². The predicted octanol–water partition coefficient (Wildman–Crippen LogP) is 0.815. The topological polar surface area (TPSA) is 50.1 Å². The van der Waals surface area contributed by atoms with Crippen molar-refractivity contribution in [1.29, 1.82) is 0 Å². The zero-order valence-corrected chi connectivity index (χ0v) is 9.47. The first-order valence-corrected chi connectivity index (χ1v) is 4.88. The lowest BCUT2D eigenvalue weighted by molar-refractivity contribution is 0.160. The van der Waals surface area contributed by atoms with Crippen LogP contribution in [0.15, 0.2) is 6.20 Å². The lowest BCUT2D eigenvalue weighted by Gasteiger charge is -2.27. The summed E-state index contributed by atoms with van der Waals surface area (Å²) < 4.78 is 1.79. The van der Waals surface area contributed by atoms with Crippen LogP contribution in [0, 0.1) is 6.92 Å². The van der Waals surface area contributed by atoms with E-state index in [4.69, 9.17) is 11.6 Å². The molecule has 1 rings (SSSR count). The first-order chi connectivity index (χ1) is 6.52. The highest BCUT2D eigenvalue weighted by atomic mass is 35.5. The molecule has 0 aliphatic rings. The highest BCUT2D eigenvalue weighted by molar-refractivity contribution is 6.31. The quantitative estimate of drug-likeness (QED) is 0.785. The Bertz CT molecular complexity index is 307. The fourth-order valence-corrected chi connectivity index (χ4v) is 1.26. The number of aromatic nitrogens is 2. The third-order valence-corrected chi connectivity index (χ3v) is 2.87. The molecule has 1 unspecified atom stereocenters. The van der Waals surface area contributed by atoms with Crippen LogP contribution in [0.25, 0.3) is 0 Å². The van der Waals surface area contributed by atoms with Crippen molar-refractivity contribution in [3.63, 3.8) is 0 Å². The van der Waals surface area contributed by atoms with Crippen LogP contribution >= 0.6 is 11.6 Å². The minimum atomic E-state index is -0.361. The van der Waals surface area contributed by atoms with Crippen molar-refractivity contribution in [2.75, 3.05) is 13.7 Å². The molecule has 1 atom stereocenters. The normalized spacial score (nSPS) is 15.5. The van der Waals surface area contributed by atoms with Gasteiger partial charge in [-0.2, -0.15) is 5.10 Å². The third-order valence-electron chi connectivity index (χ3n) is 2.49. The van der Waals surface area contributed by atoms with Crippen molar-refractivity contribution in [3.8, 4) is 0 Å². The first kappa shape index (κ1) is 11.5. The van der Waals surface area contributed by atoms with E-state index in [0.29, 0.717) is 11.6 Å². The fraction of sp³-hybridized carbons (Fsp3) is 0.667. The molecule has 0 fully saturated rings. The summed E-state index contributed by atoms with van der Waals surface area (Å²) in [7, 11) is 1.82. The van der Waals surface area contributed by atoms with E-state index < -0.39 is 0 Å². The highest BCUT2D eigenvalue weighted by Gasteiger charge is 2.22. The lowest BCUT2D eigenvalue weighted by Crippen LogP contribution is -2.47. The van der Waals surface area contributed by atoms with Crippen molar-refractivity contribution >= 4 is 11.6 Å². The molecule has 0 radical (unpaired) electrons. The van der Waals surface area contributed by atoms with Crippen LogP contribution in [0.3, 0.4) is 0 Å². The van der Waals surface area contributed by atoms with Gasteiger partial charge in [-0.25, -0.2) is 0 Å². The maximum absolute atomic E-state index is 9.21. The van der Waals surface area contributed by atoms with E-state index >= 15 is 0 Å². The van der Waals surface area contributed by atoms with Gasteiger partial charge in [-0.05, 0) is 20.9 Å². The van der Waals surface area contributed by atoms with E-state index in [-0.39, 0.29) is 12.1 Å². The summed E-state index contributed by atoms with van der Waals surface area (Å²) >= 11 is 5.88. The molecule has 0 aliphatic heterocycles. The number of aliphatic hydroxyl groups is 1. The van der Waals surface area contributed by atoms with Gasteiger partial charge in [-0.1, -0.05) is 11.6 Å². The number of likely N-dealkylation sites (N-methyl/N-ethyl adjacent to an activating group) is 1.